The van der Waals surface area contributed by atoms with Gasteiger partial charge in [-0.1, -0.05) is 26.3 Å². The SMILES string of the molecule is C=C(C)C(=O)OC(CCCC)CCCCC(O)(C(F)(F)F)C(F)(F)F. The van der Waals surface area contributed by atoms with Crippen LogP contribution in [0.3, 0.4) is 0 Å². The number of esters is 1. The van der Waals surface area contributed by atoms with Crippen LogP contribution in [0.15, 0.2) is 12.2 Å². The minimum atomic E-state index is -5.81. The van der Waals surface area contributed by atoms with Crippen molar-refractivity contribution in [2.24, 2.45) is 0 Å². The molecule has 0 aromatic rings. The van der Waals surface area contributed by atoms with Gasteiger partial charge in [-0.3, -0.25) is 0 Å². The molecule has 3 nitrogen and oxygen atoms in total. The van der Waals surface area contributed by atoms with Gasteiger partial charge in [0.25, 0.3) is 5.60 Å². The van der Waals surface area contributed by atoms with Gasteiger partial charge in [-0.2, -0.15) is 26.3 Å². The van der Waals surface area contributed by atoms with Crippen LogP contribution in [0.4, 0.5) is 26.3 Å². The Morgan fingerprint density at radius 2 is 1.52 bits per heavy atom. The average Bonchev–Trinajstić information content (AvgIpc) is 2.45. The fraction of sp³-hybridized carbons (Fsp3) is 0.812. The largest absolute Gasteiger partial charge is 0.459 e. The summed E-state index contributed by atoms with van der Waals surface area (Å²) in [5.74, 6) is -0.650. The number of carbonyl (C=O) groups excluding carboxylic acids is 1. The Kier molecular flexibility index (Phi) is 8.98. The Bertz CT molecular complexity index is 428. The molecule has 1 unspecified atom stereocenters. The third-order valence-corrected chi connectivity index (χ3v) is 3.75. The molecule has 0 aromatic heterocycles. The van der Waals surface area contributed by atoms with Crippen LogP contribution in [-0.2, 0) is 9.53 Å². The number of halogens is 6. The summed E-state index contributed by atoms with van der Waals surface area (Å²) in [6, 6.07) is 0. The van der Waals surface area contributed by atoms with E-state index < -0.39 is 42.9 Å². The molecule has 0 saturated heterocycles. The molecule has 0 fully saturated rings. The summed E-state index contributed by atoms with van der Waals surface area (Å²) in [6.07, 6.45) is -12.2. The van der Waals surface area contributed by atoms with E-state index in [4.69, 9.17) is 9.84 Å². The van der Waals surface area contributed by atoms with Crippen molar-refractivity contribution in [3.8, 4) is 0 Å². The smallest absolute Gasteiger partial charge is 0.426 e. The van der Waals surface area contributed by atoms with E-state index in [2.05, 4.69) is 6.58 Å². The number of rotatable bonds is 10. The summed E-state index contributed by atoms with van der Waals surface area (Å²) in [5.41, 5.74) is -4.57. The molecule has 0 saturated carbocycles. The molecule has 0 aromatic carbocycles. The molecule has 0 bridgehead atoms. The number of hydrogen-bond donors (Lipinski definition) is 1. The maximum Gasteiger partial charge on any atom is 0.426 e. The van der Waals surface area contributed by atoms with Gasteiger partial charge in [0.2, 0.25) is 0 Å². The molecular formula is C16H24F6O3. The van der Waals surface area contributed by atoms with Crippen LogP contribution in [0.1, 0.15) is 58.8 Å². The van der Waals surface area contributed by atoms with Crippen molar-refractivity contribution in [3.05, 3.63) is 12.2 Å². The highest BCUT2D eigenvalue weighted by Crippen LogP contribution is 2.46. The normalized spacial score (nSPS) is 14.3. The summed E-state index contributed by atoms with van der Waals surface area (Å²) in [6.45, 7) is 6.74. The molecule has 0 aliphatic carbocycles. The highest BCUT2D eigenvalue weighted by Gasteiger charge is 2.69. The Balaban J connectivity index is 4.70. The number of hydrogen-bond acceptors (Lipinski definition) is 3. The van der Waals surface area contributed by atoms with Gasteiger partial charge < -0.3 is 9.84 Å². The van der Waals surface area contributed by atoms with Gasteiger partial charge in [0.1, 0.15) is 6.10 Å². The number of aliphatic hydroxyl groups is 1. The molecule has 1 N–H and O–H groups in total. The van der Waals surface area contributed by atoms with Crippen LogP contribution in [0.25, 0.3) is 0 Å². The summed E-state index contributed by atoms with van der Waals surface area (Å²) >= 11 is 0. The molecule has 0 spiro atoms. The van der Waals surface area contributed by atoms with Crippen LogP contribution in [0.5, 0.6) is 0 Å². The molecule has 0 heterocycles. The second kappa shape index (κ2) is 9.45. The third kappa shape index (κ3) is 7.25. The summed E-state index contributed by atoms with van der Waals surface area (Å²) in [5, 5.41) is 9.06. The number of carbonyl (C=O) groups is 1. The van der Waals surface area contributed by atoms with E-state index >= 15 is 0 Å². The van der Waals surface area contributed by atoms with E-state index in [0.717, 1.165) is 6.42 Å². The lowest BCUT2D eigenvalue weighted by Crippen LogP contribution is -2.56. The van der Waals surface area contributed by atoms with E-state index in [1.807, 2.05) is 6.92 Å². The quantitative estimate of drug-likeness (QED) is 0.250. The van der Waals surface area contributed by atoms with Crippen molar-refractivity contribution in [2.45, 2.75) is 82.9 Å². The molecule has 0 aliphatic rings. The molecule has 9 heteroatoms. The zero-order chi connectivity index (χ0) is 19.9. The fourth-order valence-electron chi connectivity index (χ4n) is 2.14. The standard InChI is InChI=1S/C16H24F6O3/c1-4-5-8-12(25-13(23)11(2)3)9-6-7-10-14(24,15(17,18)19)16(20,21)22/h12,24H,2,4-10H2,1,3H3. The van der Waals surface area contributed by atoms with Crippen LogP contribution in [-0.4, -0.2) is 35.1 Å². The number of alkyl halides is 6. The van der Waals surface area contributed by atoms with E-state index in [1.54, 1.807) is 0 Å². The first kappa shape index (κ1) is 23.8. The zero-order valence-electron chi connectivity index (χ0n) is 14.3. The van der Waals surface area contributed by atoms with Gasteiger partial charge in [-0.05, 0) is 39.0 Å². The van der Waals surface area contributed by atoms with Crippen molar-refractivity contribution < 1.29 is 41.0 Å². The van der Waals surface area contributed by atoms with Crippen molar-refractivity contribution >= 4 is 5.97 Å². The maximum absolute atomic E-state index is 12.6. The Morgan fingerprint density at radius 1 is 1.04 bits per heavy atom. The van der Waals surface area contributed by atoms with Crippen molar-refractivity contribution in [1.82, 2.24) is 0 Å². The molecule has 0 radical (unpaired) electrons. The molecule has 0 aliphatic heterocycles. The van der Waals surface area contributed by atoms with E-state index in [-0.39, 0.29) is 18.4 Å². The van der Waals surface area contributed by atoms with Crippen LogP contribution < -0.4 is 0 Å². The predicted molar refractivity (Wildman–Crippen MR) is 79.7 cm³/mol. The Labute approximate surface area is 143 Å². The van der Waals surface area contributed by atoms with Crippen molar-refractivity contribution in [2.75, 3.05) is 0 Å². The first-order valence-electron chi connectivity index (χ1n) is 7.98. The second-order valence-electron chi connectivity index (χ2n) is 6.05. The van der Waals surface area contributed by atoms with Crippen LogP contribution in [0, 0.1) is 0 Å². The lowest BCUT2D eigenvalue weighted by atomic mass is 9.93. The molecule has 0 amide bonds. The zero-order valence-corrected chi connectivity index (χ0v) is 14.3. The Hall–Kier alpha value is -1.25. The van der Waals surface area contributed by atoms with Gasteiger partial charge in [0, 0.05) is 5.57 Å². The number of ether oxygens (including phenoxy) is 1. The maximum atomic E-state index is 12.6. The molecule has 148 valence electrons. The average molecular weight is 378 g/mol. The summed E-state index contributed by atoms with van der Waals surface area (Å²) in [4.78, 5) is 11.5. The van der Waals surface area contributed by atoms with Crippen molar-refractivity contribution in [3.63, 3.8) is 0 Å². The van der Waals surface area contributed by atoms with Gasteiger partial charge in [-0.15, -0.1) is 0 Å². The van der Waals surface area contributed by atoms with Crippen molar-refractivity contribution in [1.29, 1.82) is 0 Å². The molecule has 25 heavy (non-hydrogen) atoms. The molecular weight excluding hydrogens is 354 g/mol. The second-order valence-corrected chi connectivity index (χ2v) is 6.05. The fourth-order valence-corrected chi connectivity index (χ4v) is 2.14. The monoisotopic (exact) mass is 378 g/mol. The minimum absolute atomic E-state index is 0.0493. The minimum Gasteiger partial charge on any atom is -0.459 e. The van der Waals surface area contributed by atoms with Crippen LogP contribution in [0.2, 0.25) is 0 Å². The van der Waals surface area contributed by atoms with Gasteiger partial charge in [0.05, 0.1) is 0 Å². The van der Waals surface area contributed by atoms with Gasteiger partial charge in [-0.25, -0.2) is 4.79 Å². The Morgan fingerprint density at radius 3 is 1.92 bits per heavy atom. The van der Waals surface area contributed by atoms with E-state index in [9.17, 15) is 31.1 Å². The van der Waals surface area contributed by atoms with Gasteiger partial charge in [0.15, 0.2) is 0 Å². The summed E-state index contributed by atoms with van der Waals surface area (Å²) in [7, 11) is 0. The first-order valence-corrected chi connectivity index (χ1v) is 7.98. The highest BCUT2D eigenvalue weighted by atomic mass is 19.4. The third-order valence-electron chi connectivity index (χ3n) is 3.75. The first-order chi connectivity index (χ1) is 11.3. The lowest BCUT2D eigenvalue weighted by molar-refractivity contribution is -0.370. The lowest BCUT2D eigenvalue weighted by Gasteiger charge is -2.32. The molecule has 0 rings (SSSR count). The van der Waals surface area contributed by atoms with E-state index in [0.29, 0.717) is 12.8 Å². The predicted octanol–water partition coefficient (Wildman–Crippen LogP) is 5.08. The topological polar surface area (TPSA) is 46.5 Å². The van der Waals surface area contributed by atoms with Crippen LogP contribution >= 0.6 is 0 Å². The summed E-state index contributed by atoms with van der Waals surface area (Å²) < 4.78 is 80.5. The number of unbranched alkanes of at least 4 members (excludes halogenated alkanes) is 2. The highest BCUT2D eigenvalue weighted by molar-refractivity contribution is 5.87. The van der Waals surface area contributed by atoms with E-state index in [1.165, 1.54) is 6.92 Å². The van der Waals surface area contributed by atoms with Gasteiger partial charge >= 0.3 is 18.3 Å². The molecule has 1 atom stereocenters.